The van der Waals surface area contributed by atoms with Gasteiger partial charge in [0.2, 0.25) is 5.89 Å². The molecular weight excluding hydrogens is 345 g/mol. The zero-order valence-electron chi connectivity index (χ0n) is 10.2. The van der Waals surface area contributed by atoms with Crippen molar-refractivity contribution in [3.63, 3.8) is 0 Å². The Morgan fingerprint density at radius 2 is 2.25 bits per heavy atom. The number of benzene rings is 1. The van der Waals surface area contributed by atoms with Crippen LogP contribution in [0.2, 0.25) is 0 Å². The molecule has 0 amide bonds. The topological polar surface area (TPSA) is 35.3 Å². The zero-order valence-corrected chi connectivity index (χ0v) is 12.6. The van der Waals surface area contributed by atoms with E-state index in [0.717, 1.165) is 4.88 Å². The highest BCUT2D eigenvalue weighted by Crippen LogP contribution is 2.27. The maximum Gasteiger partial charge on any atom is 0.236 e. The van der Waals surface area contributed by atoms with Crippen LogP contribution in [-0.4, -0.2) is 4.98 Å². The molecule has 0 unspecified atom stereocenters. The summed E-state index contributed by atoms with van der Waals surface area (Å²) >= 11 is 4.81. The Morgan fingerprint density at radius 3 is 3.00 bits per heavy atom. The van der Waals surface area contributed by atoms with Crippen LogP contribution < -0.4 is 4.74 Å². The van der Waals surface area contributed by atoms with Crippen molar-refractivity contribution in [1.82, 2.24) is 4.98 Å². The summed E-state index contributed by atoms with van der Waals surface area (Å²) in [6.07, 6.45) is 1.56. The number of nitrogens with zero attached hydrogens (tertiary/aromatic N) is 1. The fourth-order valence-corrected chi connectivity index (χ4v) is 2.75. The van der Waals surface area contributed by atoms with Gasteiger partial charge < -0.3 is 9.15 Å². The lowest BCUT2D eigenvalue weighted by Gasteiger charge is -2.05. The first kappa shape index (κ1) is 13.3. The Morgan fingerprint density at radius 1 is 1.35 bits per heavy atom. The van der Waals surface area contributed by atoms with Gasteiger partial charge in [-0.05, 0) is 45.6 Å². The molecule has 0 saturated carbocycles. The molecule has 3 nitrogen and oxygen atoms in total. The predicted molar refractivity (Wildman–Crippen MR) is 78.2 cm³/mol. The molecule has 20 heavy (non-hydrogen) atoms. The number of hydrogen-bond acceptors (Lipinski definition) is 4. The molecule has 3 rings (SSSR count). The SMILES string of the molecule is Fc1ccc(OCc2coc(-c3cccs3)n2)c(Br)c1. The Labute approximate surface area is 127 Å². The van der Waals surface area contributed by atoms with E-state index in [2.05, 4.69) is 20.9 Å². The first-order valence-corrected chi connectivity index (χ1v) is 7.46. The summed E-state index contributed by atoms with van der Waals surface area (Å²) in [4.78, 5) is 5.32. The molecule has 0 fully saturated rings. The van der Waals surface area contributed by atoms with Gasteiger partial charge in [-0.2, -0.15) is 0 Å². The van der Waals surface area contributed by atoms with Gasteiger partial charge in [-0.1, -0.05) is 6.07 Å². The predicted octanol–water partition coefficient (Wildman–Crippen LogP) is 4.88. The molecular formula is C14H9BrFNO2S. The summed E-state index contributed by atoms with van der Waals surface area (Å²) < 4.78 is 24.5. The molecule has 3 aromatic rings. The van der Waals surface area contributed by atoms with Crippen LogP contribution in [0, 0.1) is 5.82 Å². The number of ether oxygens (including phenoxy) is 1. The molecule has 6 heteroatoms. The highest BCUT2D eigenvalue weighted by atomic mass is 79.9. The summed E-state index contributed by atoms with van der Waals surface area (Å²) in [5.74, 6) is 0.828. The molecule has 0 atom stereocenters. The van der Waals surface area contributed by atoms with E-state index < -0.39 is 0 Å². The number of hydrogen-bond donors (Lipinski definition) is 0. The maximum atomic E-state index is 13.0. The molecule has 0 aliphatic heterocycles. The molecule has 102 valence electrons. The Hall–Kier alpha value is -1.66. The van der Waals surface area contributed by atoms with Crippen molar-refractivity contribution in [2.45, 2.75) is 6.61 Å². The van der Waals surface area contributed by atoms with E-state index in [9.17, 15) is 4.39 Å². The van der Waals surface area contributed by atoms with Crippen LogP contribution in [0.4, 0.5) is 4.39 Å². The summed E-state index contributed by atoms with van der Waals surface area (Å²) in [6.45, 7) is 0.263. The molecule has 0 radical (unpaired) electrons. The number of halogens is 2. The van der Waals surface area contributed by atoms with Gasteiger partial charge in [0.05, 0.1) is 9.35 Å². The van der Waals surface area contributed by atoms with Crippen LogP contribution in [0.15, 0.2) is 50.9 Å². The lowest BCUT2D eigenvalue weighted by Crippen LogP contribution is -1.96. The van der Waals surface area contributed by atoms with Crippen LogP contribution in [0.3, 0.4) is 0 Å². The van der Waals surface area contributed by atoms with Crippen LogP contribution in [0.5, 0.6) is 5.75 Å². The van der Waals surface area contributed by atoms with Gasteiger partial charge in [0.15, 0.2) is 0 Å². The van der Waals surface area contributed by atoms with Gasteiger partial charge in [-0.25, -0.2) is 9.37 Å². The van der Waals surface area contributed by atoms with Crippen LogP contribution >= 0.6 is 27.3 Å². The average Bonchev–Trinajstić information content (AvgIpc) is 3.08. The minimum Gasteiger partial charge on any atom is -0.486 e. The summed E-state index contributed by atoms with van der Waals surface area (Å²) in [6, 6.07) is 8.16. The van der Waals surface area contributed by atoms with Crippen LogP contribution in [0.1, 0.15) is 5.69 Å². The van der Waals surface area contributed by atoms with E-state index in [0.29, 0.717) is 21.8 Å². The van der Waals surface area contributed by atoms with Crippen LogP contribution in [0.25, 0.3) is 10.8 Å². The molecule has 0 N–H and O–H groups in total. The van der Waals surface area contributed by atoms with E-state index in [1.54, 1.807) is 23.7 Å². The van der Waals surface area contributed by atoms with Gasteiger partial charge >= 0.3 is 0 Å². The standard InChI is InChI=1S/C14H9BrFNO2S/c15-11-6-9(16)3-4-12(11)18-7-10-8-19-14(17-10)13-2-1-5-20-13/h1-6,8H,7H2. The lowest BCUT2D eigenvalue weighted by molar-refractivity contribution is 0.298. The Kier molecular flexibility index (Phi) is 3.84. The van der Waals surface area contributed by atoms with Gasteiger partial charge in [-0.3, -0.25) is 0 Å². The number of oxazole rings is 1. The molecule has 0 bridgehead atoms. The van der Waals surface area contributed by atoms with Crippen molar-refractivity contribution in [2.75, 3.05) is 0 Å². The van der Waals surface area contributed by atoms with Crippen LogP contribution in [-0.2, 0) is 6.61 Å². The Bertz CT molecular complexity index is 712. The highest BCUT2D eigenvalue weighted by Gasteiger charge is 2.09. The minimum absolute atomic E-state index is 0.263. The van der Waals surface area contributed by atoms with E-state index in [1.165, 1.54) is 12.1 Å². The fourth-order valence-electron chi connectivity index (χ4n) is 1.63. The summed E-state index contributed by atoms with van der Waals surface area (Å²) in [7, 11) is 0. The molecule has 0 aliphatic carbocycles. The fraction of sp³-hybridized carbons (Fsp3) is 0.0714. The van der Waals surface area contributed by atoms with Crippen molar-refractivity contribution in [3.05, 3.63) is 58.0 Å². The number of thiophene rings is 1. The van der Waals surface area contributed by atoms with E-state index >= 15 is 0 Å². The minimum atomic E-state index is -0.314. The van der Waals surface area contributed by atoms with Crippen molar-refractivity contribution in [1.29, 1.82) is 0 Å². The molecule has 0 spiro atoms. The second kappa shape index (κ2) is 5.76. The Balaban J connectivity index is 1.70. The molecule has 2 aromatic heterocycles. The lowest BCUT2D eigenvalue weighted by atomic mass is 10.3. The quantitative estimate of drug-likeness (QED) is 0.670. The molecule has 0 aliphatic rings. The first-order chi connectivity index (χ1) is 9.72. The van der Waals surface area contributed by atoms with E-state index in [4.69, 9.17) is 9.15 Å². The third-order valence-corrected chi connectivity index (χ3v) is 4.03. The third kappa shape index (κ3) is 2.91. The monoisotopic (exact) mass is 353 g/mol. The number of aromatic nitrogens is 1. The highest BCUT2D eigenvalue weighted by molar-refractivity contribution is 9.10. The molecule has 1 aromatic carbocycles. The molecule has 2 heterocycles. The summed E-state index contributed by atoms with van der Waals surface area (Å²) in [5.41, 5.74) is 0.685. The van der Waals surface area contributed by atoms with Gasteiger partial charge in [-0.15, -0.1) is 11.3 Å². The van der Waals surface area contributed by atoms with Crippen molar-refractivity contribution < 1.29 is 13.5 Å². The normalized spacial score (nSPS) is 10.7. The van der Waals surface area contributed by atoms with E-state index in [-0.39, 0.29) is 12.4 Å². The van der Waals surface area contributed by atoms with E-state index in [1.807, 2.05) is 17.5 Å². The first-order valence-electron chi connectivity index (χ1n) is 5.78. The van der Waals surface area contributed by atoms with Gasteiger partial charge in [0.1, 0.15) is 30.1 Å². The second-order valence-electron chi connectivity index (χ2n) is 3.98. The summed E-state index contributed by atoms with van der Waals surface area (Å²) in [5, 5.41) is 1.96. The smallest absolute Gasteiger partial charge is 0.236 e. The van der Waals surface area contributed by atoms with Gasteiger partial charge in [0, 0.05) is 0 Å². The van der Waals surface area contributed by atoms with Gasteiger partial charge in [0.25, 0.3) is 0 Å². The zero-order chi connectivity index (χ0) is 13.9. The van der Waals surface area contributed by atoms with Crippen molar-refractivity contribution in [2.24, 2.45) is 0 Å². The third-order valence-electron chi connectivity index (χ3n) is 2.55. The van der Waals surface area contributed by atoms with Crippen molar-refractivity contribution >= 4 is 27.3 Å². The van der Waals surface area contributed by atoms with Crippen molar-refractivity contribution in [3.8, 4) is 16.5 Å². The second-order valence-corrected chi connectivity index (χ2v) is 5.79. The number of rotatable bonds is 4. The largest absolute Gasteiger partial charge is 0.486 e. The maximum absolute atomic E-state index is 13.0. The molecule has 0 saturated heterocycles. The average molecular weight is 354 g/mol.